The molecule has 5 aliphatic rings. The Labute approximate surface area is 323 Å². The van der Waals surface area contributed by atoms with Crippen LogP contribution in [-0.4, -0.2) is 118 Å². The van der Waals surface area contributed by atoms with Crippen LogP contribution in [0, 0.1) is 5.92 Å². The van der Waals surface area contributed by atoms with Gasteiger partial charge in [-0.15, -0.1) is 0 Å². The van der Waals surface area contributed by atoms with E-state index in [1.54, 1.807) is 17.3 Å². The lowest BCUT2D eigenvalue weighted by Crippen LogP contribution is -2.52. The zero-order valence-electron chi connectivity index (χ0n) is 31.4. The molecule has 1 unspecified atom stereocenters. The lowest BCUT2D eigenvalue weighted by molar-refractivity contribution is -0.155. The van der Waals surface area contributed by atoms with E-state index in [-0.39, 0.29) is 24.3 Å². The number of halogens is 3. The van der Waals surface area contributed by atoms with Crippen LogP contribution < -0.4 is 15.1 Å². The van der Waals surface area contributed by atoms with Gasteiger partial charge in [0.2, 0.25) is 17.8 Å². The molecule has 3 fully saturated rings. The molecule has 3 saturated heterocycles. The van der Waals surface area contributed by atoms with Crippen LogP contribution in [0.5, 0.6) is 0 Å². The Morgan fingerprint density at radius 2 is 1.64 bits per heavy atom. The van der Waals surface area contributed by atoms with Crippen LogP contribution in [-0.2, 0) is 22.6 Å². The summed E-state index contributed by atoms with van der Waals surface area (Å²) in [4.78, 5) is 60.3. The van der Waals surface area contributed by atoms with Gasteiger partial charge in [-0.05, 0) is 73.9 Å². The molecular formula is C41H46F3N9O3. The summed E-state index contributed by atoms with van der Waals surface area (Å²) in [6.45, 7) is 7.51. The van der Waals surface area contributed by atoms with Gasteiger partial charge in [-0.25, -0.2) is 9.97 Å². The maximum atomic E-state index is 13.9. The number of amides is 3. The first-order valence-corrected chi connectivity index (χ1v) is 19.7. The number of nitrogens with zero attached hydrogens (tertiary/aromatic N) is 7. The first-order valence-electron chi connectivity index (χ1n) is 19.7. The molecule has 5 aliphatic heterocycles. The molecule has 294 valence electrons. The fraction of sp³-hybridized carbons (Fsp3) is 0.488. The molecule has 12 nitrogen and oxygen atoms in total. The third-order valence-corrected chi connectivity index (χ3v) is 12.5. The van der Waals surface area contributed by atoms with Gasteiger partial charge in [-0.2, -0.15) is 13.2 Å². The second-order valence-corrected chi connectivity index (χ2v) is 16.1. The monoisotopic (exact) mass is 769 g/mol. The second-order valence-electron chi connectivity index (χ2n) is 16.1. The quantitative estimate of drug-likeness (QED) is 0.259. The highest BCUT2D eigenvalue weighted by Gasteiger charge is 2.43. The normalized spacial score (nSPS) is 24.2. The molecule has 0 radical (unpaired) electrons. The van der Waals surface area contributed by atoms with E-state index in [4.69, 9.17) is 9.97 Å². The first kappa shape index (κ1) is 36.6. The molecule has 0 spiro atoms. The molecule has 4 aromatic rings. The minimum Gasteiger partial charge on any atom is -0.369 e. The van der Waals surface area contributed by atoms with Gasteiger partial charge < -0.3 is 19.7 Å². The number of benzene rings is 2. The van der Waals surface area contributed by atoms with E-state index in [0.717, 1.165) is 92.1 Å². The van der Waals surface area contributed by atoms with Crippen molar-refractivity contribution in [3.63, 3.8) is 0 Å². The number of piperazine rings is 1. The Morgan fingerprint density at radius 1 is 0.893 bits per heavy atom. The molecule has 3 atom stereocenters. The molecule has 15 heteroatoms. The largest absolute Gasteiger partial charge is 0.401 e. The van der Waals surface area contributed by atoms with E-state index in [1.807, 2.05) is 43.3 Å². The van der Waals surface area contributed by atoms with Crippen LogP contribution in [0.15, 0.2) is 54.9 Å². The molecule has 0 bridgehead atoms. The van der Waals surface area contributed by atoms with Crippen molar-refractivity contribution in [2.75, 3.05) is 62.2 Å². The van der Waals surface area contributed by atoms with E-state index in [0.29, 0.717) is 42.4 Å². The molecule has 9 rings (SSSR count). The highest BCUT2D eigenvalue weighted by molar-refractivity contribution is 6.05. The molecule has 0 saturated carbocycles. The Hall–Kier alpha value is -5.02. The van der Waals surface area contributed by atoms with E-state index in [2.05, 4.69) is 31.1 Å². The average Bonchev–Trinajstić information content (AvgIpc) is 3.71. The number of rotatable bonds is 7. The number of carbonyl (C=O) groups is 3. The third kappa shape index (κ3) is 6.99. The van der Waals surface area contributed by atoms with Gasteiger partial charge in [-0.3, -0.25) is 29.5 Å². The summed E-state index contributed by atoms with van der Waals surface area (Å²) in [5.74, 6) is 0.306. The van der Waals surface area contributed by atoms with Gasteiger partial charge in [0.05, 0.1) is 12.6 Å². The van der Waals surface area contributed by atoms with Gasteiger partial charge in [-0.1, -0.05) is 18.2 Å². The molecule has 56 heavy (non-hydrogen) atoms. The van der Waals surface area contributed by atoms with Crippen LogP contribution >= 0.6 is 0 Å². The summed E-state index contributed by atoms with van der Waals surface area (Å²) >= 11 is 0. The second kappa shape index (κ2) is 14.5. The van der Waals surface area contributed by atoms with Crippen molar-refractivity contribution >= 4 is 40.3 Å². The van der Waals surface area contributed by atoms with E-state index in [1.165, 1.54) is 4.90 Å². The number of piperidine rings is 2. The van der Waals surface area contributed by atoms with Crippen molar-refractivity contribution in [2.45, 2.75) is 69.9 Å². The molecule has 2 aromatic carbocycles. The number of hydrogen-bond donors (Lipinski definition) is 2. The summed E-state index contributed by atoms with van der Waals surface area (Å²) < 4.78 is 41.6. The van der Waals surface area contributed by atoms with Gasteiger partial charge in [0.1, 0.15) is 6.04 Å². The fourth-order valence-electron chi connectivity index (χ4n) is 9.58. The summed E-state index contributed by atoms with van der Waals surface area (Å²) in [5, 5.41) is 3.41. The number of hydrogen-bond acceptors (Lipinski definition) is 9. The SMILES string of the molecule is C[C@@H]1Cc2c([nH]c3ccccc23)[C@@H](c2cnc(N3CCC(CN4CCN(c5ccc6c(c5)CN(C5CCC(=O)NC5=O)C6=O)CC4)CC3)nc2)N1CC(F)(F)F. The highest BCUT2D eigenvalue weighted by Crippen LogP contribution is 2.42. The number of carbonyl (C=O) groups excluding carboxylic acids is 3. The van der Waals surface area contributed by atoms with Crippen LogP contribution in [0.25, 0.3) is 10.9 Å². The van der Waals surface area contributed by atoms with Crippen LogP contribution in [0.3, 0.4) is 0 Å². The Balaban J connectivity index is 0.791. The highest BCUT2D eigenvalue weighted by atomic mass is 19.4. The number of fused-ring (bicyclic) bond motifs is 4. The summed E-state index contributed by atoms with van der Waals surface area (Å²) in [7, 11) is 0. The minimum absolute atomic E-state index is 0.157. The average molecular weight is 770 g/mol. The van der Waals surface area contributed by atoms with E-state index < -0.39 is 30.7 Å². The predicted molar refractivity (Wildman–Crippen MR) is 204 cm³/mol. The number of anilines is 2. The van der Waals surface area contributed by atoms with E-state index >= 15 is 0 Å². The third-order valence-electron chi connectivity index (χ3n) is 12.5. The number of nitrogens with one attached hydrogen (secondary N) is 2. The fourth-order valence-corrected chi connectivity index (χ4v) is 9.58. The van der Waals surface area contributed by atoms with Crippen molar-refractivity contribution in [1.29, 1.82) is 0 Å². The number of H-pyrrole nitrogens is 1. The predicted octanol–water partition coefficient (Wildman–Crippen LogP) is 4.66. The molecule has 3 amide bonds. The number of aromatic amines is 1. The van der Waals surface area contributed by atoms with Crippen molar-refractivity contribution in [1.82, 2.24) is 35.0 Å². The molecule has 0 aliphatic carbocycles. The van der Waals surface area contributed by atoms with Gasteiger partial charge in [0.25, 0.3) is 5.91 Å². The van der Waals surface area contributed by atoms with Crippen LogP contribution in [0.2, 0.25) is 0 Å². The van der Waals surface area contributed by atoms with Crippen LogP contribution in [0.1, 0.15) is 71.4 Å². The topological polar surface area (TPSA) is 121 Å². The molecule has 7 heterocycles. The zero-order valence-corrected chi connectivity index (χ0v) is 31.4. The summed E-state index contributed by atoms with van der Waals surface area (Å²) in [6.07, 6.45) is 2.21. The van der Waals surface area contributed by atoms with Gasteiger partial charge in [0, 0.05) is 111 Å². The van der Waals surface area contributed by atoms with Crippen molar-refractivity contribution in [3.8, 4) is 0 Å². The van der Waals surface area contributed by atoms with E-state index in [9.17, 15) is 27.6 Å². The number of aromatic nitrogens is 3. The maximum absolute atomic E-state index is 13.9. The van der Waals surface area contributed by atoms with Crippen molar-refractivity contribution < 1.29 is 27.6 Å². The maximum Gasteiger partial charge on any atom is 0.401 e. The Morgan fingerprint density at radius 3 is 2.38 bits per heavy atom. The minimum atomic E-state index is -4.34. The van der Waals surface area contributed by atoms with Crippen molar-refractivity contribution in [3.05, 3.63) is 82.8 Å². The summed E-state index contributed by atoms with van der Waals surface area (Å²) in [5.41, 5.74) is 6.03. The smallest absolute Gasteiger partial charge is 0.369 e. The number of imide groups is 1. The molecule has 2 N–H and O–H groups in total. The first-order chi connectivity index (χ1) is 27.0. The Kier molecular flexibility index (Phi) is 9.47. The van der Waals surface area contributed by atoms with Gasteiger partial charge >= 0.3 is 6.18 Å². The number of para-hydroxylation sites is 1. The standard InChI is InChI=1S/C41H46F3N9O3/c1-25-18-32-31-4-2-3-5-33(31)47-36(32)37(53(25)24-41(42,43)44)28-20-45-40(46-21-28)51-12-10-26(11-13-51)22-49-14-16-50(17-15-49)29-6-7-30-27(19-29)23-52(39(30)56)34-8-9-35(54)48-38(34)55/h2-7,19-21,25-26,34,37,47H,8-18,22-24H2,1H3,(H,48,54,55)/t25-,34?,37-/m1/s1. The number of alkyl halides is 3. The molecular weight excluding hydrogens is 724 g/mol. The van der Waals surface area contributed by atoms with Gasteiger partial charge in [0.15, 0.2) is 0 Å². The lowest BCUT2D eigenvalue weighted by Gasteiger charge is -2.41. The zero-order chi connectivity index (χ0) is 38.7. The molecule has 2 aromatic heterocycles. The lowest BCUT2D eigenvalue weighted by atomic mass is 9.89. The van der Waals surface area contributed by atoms with Crippen molar-refractivity contribution in [2.24, 2.45) is 5.92 Å². The summed E-state index contributed by atoms with van der Waals surface area (Å²) in [6, 6.07) is 12.3. The Bertz CT molecular complexity index is 2140. The van der Waals surface area contributed by atoms with Crippen LogP contribution in [0.4, 0.5) is 24.8 Å².